The van der Waals surface area contributed by atoms with Crippen LogP contribution < -0.4 is 10.1 Å². The summed E-state index contributed by atoms with van der Waals surface area (Å²) in [6.07, 6.45) is 4.94. The summed E-state index contributed by atoms with van der Waals surface area (Å²) in [5, 5.41) is 3.62. The number of halogens is 1. The molecule has 4 rings (SSSR count). The maximum absolute atomic E-state index is 5.39. The topological polar surface area (TPSA) is 24.5 Å². The fraction of sp³-hybridized carbons (Fsp3) is 0.478. The van der Waals surface area contributed by atoms with Gasteiger partial charge >= 0.3 is 0 Å². The Balaban J connectivity index is 1.27. The van der Waals surface area contributed by atoms with E-state index in [4.69, 9.17) is 4.74 Å². The molecule has 0 bridgehead atoms. The van der Waals surface area contributed by atoms with Gasteiger partial charge in [0.2, 0.25) is 0 Å². The first-order valence-corrected chi connectivity index (χ1v) is 10.9. The standard InChI is InChI=1S/C23H29BrN2O/c1-27-21-6-7-22(24)20(14-21)12-17-8-10-26(11-9-17)16-18-13-19-4-2-3-5-23(19)25-15-18/h2-7,14,17-18,25H,8-13,15-16H2,1H3. The molecular formula is C23H29BrN2O. The third-order valence-electron chi connectivity index (χ3n) is 6.09. The smallest absolute Gasteiger partial charge is 0.119 e. The van der Waals surface area contributed by atoms with Crippen molar-refractivity contribution in [1.29, 1.82) is 0 Å². The predicted molar refractivity (Wildman–Crippen MR) is 116 cm³/mol. The van der Waals surface area contributed by atoms with Crippen molar-refractivity contribution in [2.24, 2.45) is 11.8 Å². The summed E-state index contributed by atoms with van der Waals surface area (Å²) in [7, 11) is 1.74. The molecule has 0 aliphatic carbocycles. The predicted octanol–water partition coefficient (Wildman–Crippen LogP) is 5.00. The fourth-order valence-corrected chi connectivity index (χ4v) is 4.93. The van der Waals surface area contributed by atoms with Crippen LogP contribution in [0.15, 0.2) is 46.9 Å². The Morgan fingerprint density at radius 3 is 2.74 bits per heavy atom. The molecule has 0 saturated carbocycles. The summed E-state index contributed by atoms with van der Waals surface area (Å²) in [6, 6.07) is 15.1. The Morgan fingerprint density at radius 2 is 1.93 bits per heavy atom. The molecule has 0 radical (unpaired) electrons. The Labute approximate surface area is 171 Å². The van der Waals surface area contributed by atoms with Gasteiger partial charge in [-0.1, -0.05) is 34.1 Å². The van der Waals surface area contributed by atoms with Crippen LogP contribution in [-0.4, -0.2) is 38.2 Å². The normalized spacial score (nSPS) is 20.7. The van der Waals surface area contributed by atoms with Crippen molar-refractivity contribution in [3.05, 3.63) is 58.1 Å². The molecule has 1 fully saturated rings. The van der Waals surface area contributed by atoms with Crippen molar-refractivity contribution in [2.45, 2.75) is 25.7 Å². The van der Waals surface area contributed by atoms with E-state index < -0.39 is 0 Å². The second kappa shape index (κ2) is 8.66. The second-order valence-corrected chi connectivity index (χ2v) is 8.87. The minimum absolute atomic E-state index is 0.726. The fourth-order valence-electron chi connectivity index (χ4n) is 4.52. The molecule has 1 unspecified atom stereocenters. The summed E-state index contributed by atoms with van der Waals surface area (Å²) < 4.78 is 6.60. The van der Waals surface area contributed by atoms with E-state index in [2.05, 4.69) is 62.5 Å². The first-order chi connectivity index (χ1) is 13.2. The van der Waals surface area contributed by atoms with Crippen LogP contribution in [0.1, 0.15) is 24.0 Å². The average molecular weight is 429 g/mol. The molecule has 1 atom stereocenters. The summed E-state index contributed by atoms with van der Waals surface area (Å²) in [5.74, 6) is 2.45. The van der Waals surface area contributed by atoms with E-state index in [-0.39, 0.29) is 0 Å². The zero-order chi connectivity index (χ0) is 18.6. The number of piperidine rings is 1. The molecule has 3 nitrogen and oxygen atoms in total. The molecule has 0 amide bonds. The molecule has 27 heavy (non-hydrogen) atoms. The largest absolute Gasteiger partial charge is 0.497 e. The average Bonchev–Trinajstić information content (AvgIpc) is 2.71. The number of hydrogen-bond donors (Lipinski definition) is 1. The van der Waals surface area contributed by atoms with Crippen LogP contribution in [0.25, 0.3) is 0 Å². The number of nitrogens with one attached hydrogen (secondary N) is 1. The molecule has 1 saturated heterocycles. The zero-order valence-corrected chi connectivity index (χ0v) is 17.7. The van der Waals surface area contributed by atoms with Gasteiger partial charge in [0.15, 0.2) is 0 Å². The quantitative estimate of drug-likeness (QED) is 0.724. The molecule has 2 aliphatic rings. The summed E-state index contributed by atoms with van der Waals surface area (Å²) >= 11 is 3.70. The number of rotatable bonds is 5. The van der Waals surface area contributed by atoms with Crippen molar-refractivity contribution in [2.75, 3.05) is 38.6 Å². The van der Waals surface area contributed by atoms with Gasteiger partial charge < -0.3 is 15.0 Å². The van der Waals surface area contributed by atoms with Crippen LogP contribution in [0.2, 0.25) is 0 Å². The van der Waals surface area contributed by atoms with Crippen LogP contribution in [0, 0.1) is 11.8 Å². The van der Waals surface area contributed by atoms with Crippen molar-refractivity contribution < 1.29 is 4.74 Å². The van der Waals surface area contributed by atoms with Crippen molar-refractivity contribution in [3.63, 3.8) is 0 Å². The first kappa shape index (κ1) is 18.8. The maximum Gasteiger partial charge on any atom is 0.119 e. The first-order valence-electron chi connectivity index (χ1n) is 10.1. The summed E-state index contributed by atoms with van der Waals surface area (Å²) in [5.41, 5.74) is 4.18. The molecule has 2 aliphatic heterocycles. The maximum atomic E-state index is 5.39. The van der Waals surface area contributed by atoms with E-state index in [1.165, 1.54) is 60.2 Å². The second-order valence-electron chi connectivity index (χ2n) is 8.01. The number of benzene rings is 2. The third kappa shape index (κ3) is 4.67. The number of likely N-dealkylation sites (tertiary alicyclic amines) is 1. The van der Waals surface area contributed by atoms with Gasteiger partial charge in [-0.05, 0) is 86.0 Å². The number of hydrogen-bond acceptors (Lipinski definition) is 3. The monoisotopic (exact) mass is 428 g/mol. The van der Waals surface area contributed by atoms with Gasteiger partial charge in [-0.3, -0.25) is 0 Å². The van der Waals surface area contributed by atoms with Gasteiger partial charge in [0.25, 0.3) is 0 Å². The van der Waals surface area contributed by atoms with Crippen LogP contribution in [0.4, 0.5) is 5.69 Å². The van der Waals surface area contributed by atoms with Crippen molar-refractivity contribution in [1.82, 2.24) is 4.90 Å². The van der Waals surface area contributed by atoms with E-state index in [1.54, 1.807) is 7.11 Å². The molecular weight excluding hydrogens is 400 g/mol. The molecule has 1 N–H and O–H groups in total. The van der Waals surface area contributed by atoms with Gasteiger partial charge in [-0.15, -0.1) is 0 Å². The highest BCUT2D eigenvalue weighted by Crippen LogP contribution is 2.30. The molecule has 4 heteroatoms. The lowest BCUT2D eigenvalue weighted by molar-refractivity contribution is 0.161. The van der Waals surface area contributed by atoms with Gasteiger partial charge in [-0.2, -0.15) is 0 Å². The SMILES string of the molecule is COc1ccc(Br)c(CC2CCN(CC3CNc4ccccc4C3)CC2)c1. The summed E-state index contributed by atoms with van der Waals surface area (Å²) in [6.45, 7) is 4.78. The van der Waals surface area contributed by atoms with E-state index in [0.29, 0.717) is 0 Å². The Kier molecular flexibility index (Phi) is 6.04. The number of anilines is 1. The van der Waals surface area contributed by atoms with E-state index in [9.17, 15) is 0 Å². The highest BCUT2D eigenvalue weighted by molar-refractivity contribution is 9.10. The van der Waals surface area contributed by atoms with Crippen LogP contribution in [-0.2, 0) is 12.8 Å². The lowest BCUT2D eigenvalue weighted by Crippen LogP contribution is -2.40. The number of ether oxygens (including phenoxy) is 1. The molecule has 2 aromatic carbocycles. The minimum atomic E-state index is 0.726. The summed E-state index contributed by atoms with van der Waals surface area (Å²) in [4.78, 5) is 2.68. The molecule has 0 aromatic heterocycles. The van der Waals surface area contributed by atoms with Crippen LogP contribution in [0.3, 0.4) is 0 Å². The third-order valence-corrected chi connectivity index (χ3v) is 6.87. The molecule has 2 heterocycles. The van der Waals surface area contributed by atoms with Crippen molar-refractivity contribution >= 4 is 21.6 Å². The van der Waals surface area contributed by atoms with Gasteiger partial charge in [0.05, 0.1) is 7.11 Å². The lowest BCUT2D eigenvalue weighted by Gasteiger charge is -2.36. The van der Waals surface area contributed by atoms with Crippen LogP contribution in [0.5, 0.6) is 5.75 Å². The van der Waals surface area contributed by atoms with E-state index >= 15 is 0 Å². The van der Waals surface area contributed by atoms with E-state index in [1.807, 2.05) is 6.07 Å². The minimum Gasteiger partial charge on any atom is -0.497 e. The molecule has 0 spiro atoms. The zero-order valence-electron chi connectivity index (χ0n) is 16.1. The number of methoxy groups -OCH3 is 1. The number of para-hydroxylation sites is 1. The van der Waals surface area contributed by atoms with Gasteiger partial charge in [0, 0.05) is 23.2 Å². The lowest BCUT2D eigenvalue weighted by atomic mass is 9.88. The Bertz CT molecular complexity index is 771. The molecule has 144 valence electrons. The Morgan fingerprint density at radius 1 is 1.11 bits per heavy atom. The van der Waals surface area contributed by atoms with E-state index in [0.717, 1.165) is 30.6 Å². The highest BCUT2D eigenvalue weighted by Gasteiger charge is 2.24. The number of fused-ring (bicyclic) bond motifs is 1. The number of nitrogens with zero attached hydrogens (tertiary/aromatic N) is 1. The molecule has 2 aromatic rings. The van der Waals surface area contributed by atoms with Gasteiger partial charge in [-0.25, -0.2) is 0 Å². The van der Waals surface area contributed by atoms with Crippen molar-refractivity contribution in [3.8, 4) is 5.75 Å². The highest BCUT2D eigenvalue weighted by atomic mass is 79.9. The van der Waals surface area contributed by atoms with Crippen LogP contribution >= 0.6 is 15.9 Å². The van der Waals surface area contributed by atoms with Gasteiger partial charge in [0.1, 0.15) is 5.75 Å². The Hall–Kier alpha value is -1.52.